The highest BCUT2D eigenvalue weighted by Crippen LogP contribution is 2.41. The van der Waals surface area contributed by atoms with Crippen molar-refractivity contribution < 1.29 is 4.74 Å². The second-order valence-corrected chi connectivity index (χ2v) is 5.51. The highest BCUT2D eigenvalue weighted by atomic mass is 16.5. The third kappa shape index (κ3) is 2.03. The van der Waals surface area contributed by atoms with Crippen LogP contribution in [0.4, 0.5) is 0 Å². The zero-order valence-corrected chi connectivity index (χ0v) is 11.8. The lowest BCUT2D eigenvalue weighted by Gasteiger charge is -2.15. The van der Waals surface area contributed by atoms with Gasteiger partial charge in [-0.3, -0.25) is 0 Å². The second-order valence-electron chi connectivity index (χ2n) is 5.51. The molecule has 0 bridgehead atoms. The van der Waals surface area contributed by atoms with Gasteiger partial charge in [-0.05, 0) is 61.6 Å². The van der Waals surface area contributed by atoms with Crippen LogP contribution in [0.2, 0.25) is 0 Å². The Kier molecular flexibility index (Phi) is 2.85. The first-order valence-electron chi connectivity index (χ1n) is 6.76. The Bertz CT molecular complexity index is 620. The van der Waals surface area contributed by atoms with Crippen molar-refractivity contribution in [2.24, 2.45) is 0 Å². The molecule has 1 unspecified atom stereocenters. The Balaban J connectivity index is 2.27. The molecule has 2 aromatic carbocycles. The highest BCUT2D eigenvalue weighted by Gasteiger charge is 2.24. The fourth-order valence-electron chi connectivity index (χ4n) is 3.02. The Labute approximate surface area is 115 Å². The standard InChI is InChI=1S/C18H19O/c1-11-8-15-10-14(4)19-18(15)16(9-11)17-12(2)6-5-7-13(17)3/h5-9,14H,4,10H2,1-3H3. The van der Waals surface area contributed by atoms with Crippen LogP contribution in [-0.4, -0.2) is 6.10 Å². The van der Waals surface area contributed by atoms with Crippen LogP contribution in [0, 0.1) is 27.7 Å². The lowest BCUT2D eigenvalue weighted by molar-refractivity contribution is 0.282. The number of hydrogen-bond donors (Lipinski definition) is 0. The Morgan fingerprint density at radius 1 is 1.11 bits per heavy atom. The number of aryl methyl sites for hydroxylation is 3. The monoisotopic (exact) mass is 251 g/mol. The zero-order chi connectivity index (χ0) is 13.6. The summed E-state index contributed by atoms with van der Waals surface area (Å²) in [5.41, 5.74) is 7.69. The van der Waals surface area contributed by atoms with Crippen LogP contribution < -0.4 is 4.74 Å². The minimum absolute atomic E-state index is 0.0416. The van der Waals surface area contributed by atoms with Gasteiger partial charge in [0.1, 0.15) is 11.9 Å². The molecule has 0 fully saturated rings. The van der Waals surface area contributed by atoms with E-state index in [1.54, 1.807) is 0 Å². The molecule has 0 amide bonds. The third-order valence-corrected chi connectivity index (χ3v) is 3.79. The van der Waals surface area contributed by atoms with Crippen molar-refractivity contribution in [3.8, 4) is 16.9 Å². The molecule has 2 aromatic rings. The molecule has 3 rings (SSSR count). The first-order valence-corrected chi connectivity index (χ1v) is 6.76. The summed E-state index contributed by atoms with van der Waals surface area (Å²) in [5, 5.41) is 0. The molecule has 1 radical (unpaired) electrons. The van der Waals surface area contributed by atoms with Gasteiger partial charge in [-0.2, -0.15) is 0 Å². The summed E-state index contributed by atoms with van der Waals surface area (Å²) in [6.45, 7) is 10.5. The maximum atomic E-state index is 5.95. The molecular formula is C18H19O. The molecule has 0 N–H and O–H groups in total. The van der Waals surface area contributed by atoms with Gasteiger partial charge in [0.05, 0.1) is 0 Å². The molecule has 19 heavy (non-hydrogen) atoms. The lowest BCUT2D eigenvalue weighted by atomic mass is 9.92. The van der Waals surface area contributed by atoms with Gasteiger partial charge in [0.15, 0.2) is 0 Å². The minimum atomic E-state index is 0.0416. The number of rotatable bonds is 1. The van der Waals surface area contributed by atoms with E-state index in [9.17, 15) is 0 Å². The first kappa shape index (κ1) is 12.3. The topological polar surface area (TPSA) is 9.23 Å². The number of ether oxygens (including phenoxy) is 1. The molecule has 0 saturated heterocycles. The Morgan fingerprint density at radius 2 is 1.79 bits per heavy atom. The molecule has 1 aliphatic rings. The molecule has 1 heterocycles. The van der Waals surface area contributed by atoms with E-state index in [1.165, 1.54) is 33.4 Å². The molecule has 1 aliphatic heterocycles. The zero-order valence-electron chi connectivity index (χ0n) is 11.8. The van der Waals surface area contributed by atoms with Gasteiger partial charge in [-0.15, -0.1) is 0 Å². The summed E-state index contributed by atoms with van der Waals surface area (Å²) < 4.78 is 5.95. The Hall–Kier alpha value is -1.76. The summed E-state index contributed by atoms with van der Waals surface area (Å²) in [6, 6.07) is 10.9. The van der Waals surface area contributed by atoms with Crippen LogP contribution in [-0.2, 0) is 6.42 Å². The normalized spacial score (nSPS) is 17.2. The van der Waals surface area contributed by atoms with Gasteiger partial charge >= 0.3 is 0 Å². The summed E-state index contributed by atoms with van der Waals surface area (Å²) in [5.74, 6) is 1.03. The van der Waals surface area contributed by atoms with Crippen molar-refractivity contribution in [2.75, 3.05) is 0 Å². The predicted molar refractivity (Wildman–Crippen MR) is 79.6 cm³/mol. The molecule has 1 heteroatoms. The fourth-order valence-corrected chi connectivity index (χ4v) is 3.02. The largest absolute Gasteiger partial charge is 0.489 e. The van der Waals surface area contributed by atoms with Crippen LogP contribution in [0.15, 0.2) is 30.3 Å². The molecule has 1 nitrogen and oxygen atoms in total. The molecule has 0 aliphatic carbocycles. The summed E-state index contributed by atoms with van der Waals surface area (Å²) in [7, 11) is 0. The van der Waals surface area contributed by atoms with E-state index in [2.05, 4.69) is 58.0 Å². The summed E-state index contributed by atoms with van der Waals surface area (Å²) >= 11 is 0. The van der Waals surface area contributed by atoms with Gasteiger partial charge in [0.25, 0.3) is 0 Å². The maximum absolute atomic E-state index is 5.95. The van der Waals surface area contributed by atoms with Crippen molar-refractivity contribution in [2.45, 2.75) is 33.3 Å². The van der Waals surface area contributed by atoms with Crippen LogP contribution in [0.25, 0.3) is 11.1 Å². The maximum Gasteiger partial charge on any atom is 0.130 e. The van der Waals surface area contributed by atoms with E-state index in [4.69, 9.17) is 4.74 Å². The molecule has 97 valence electrons. The SMILES string of the molecule is [CH2]C1Cc2cc(C)cc(-c3c(C)cccc3C)c2O1. The molecule has 1 atom stereocenters. The van der Waals surface area contributed by atoms with Crippen molar-refractivity contribution in [3.63, 3.8) is 0 Å². The highest BCUT2D eigenvalue weighted by molar-refractivity contribution is 5.78. The quantitative estimate of drug-likeness (QED) is 0.729. The van der Waals surface area contributed by atoms with E-state index in [0.717, 1.165) is 12.2 Å². The minimum Gasteiger partial charge on any atom is -0.489 e. The number of hydrogen-bond acceptors (Lipinski definition) is 1. The van der Waals surface area contributed by atoms with E-state index >= 15 is 0 Å². The Morgan fingerprint density at radius 3 is 2.47 bits per heavy atom. The van der Waals surface area contributed by atoms with Crippen molar-refractivity contribution in [3.05, 3.63) is 59.5 Å². The van der Waals surface area contributed by atoms with Crippen LogP contribution in [0.1, 0.15) is 22.3 Å². The lowest BCUT2D eigenvalue weighted by Crippen LogP contribution is -2.06. The number of fused-ring (bicyclic) bond motifs is 1. The second kappa shape index (κ2) is 4.41. The van der Waals surface area contributed by atoms with Gasteiger partial charge < -0.3 is 4.74 Å². The van der Waals surface area contributed by atoms with E-state index in [-0.39, 0.29) is 6.10 Å². The fraction of sp³-hybridized carbons (Fsp3) is 0.278. The van der Waals surface area contributed by atoms with E-state index in [0.29, 0.717) is 0 Å². The molecule has 0 spiro atoms. The van der Waals surface area contributed by atoms with Crippen molar-refractivity contribution in [1.29, 1.82) is 0 Å². The van der Waals surface area contributed by atoms with Gasteiger partial charge in [0, 0.05) is 12.0 Å². The average Bonchev–Trinajstić information content (AvgIpc) is 2.69. The molecule has 0 aromatic heterocycles. The van der Waals surface area contributed by atoms with Crippen LogP contribution in [0.3, 0.4) is 0 Å². The van der Waals surface area contributed by atoms with Gasteiger partial charge in [-0.1, -0.05) is 24.3 Å². The molecular weight excluding hydrogens is 232 g/mol. The van der Waals surface area contributed by atoms with Gasteiger partial charge in [-0.25, -0.2) is 0 Å². The van der Waals surface area contributed by atoms with E-state index in [1.807, 2.05) is 0 Å². The number of benzene rings is 2. The van der Waals surface area contributed by atoms with Crippen molar-refractivity contribution in [1.82, 2.24) is 0 Å². The first-order chi connectivity index (χ1) is 9.06. The van der Waals surface area contributed by atoms with Crippen molar-refractivity contribution >= 4 is 0 Å². The van der Waals surface area contributed by atoms with E-state index < -0.39 is 0 Å². The summed E-state index contributed by atoms with van der Waals surface area (Å²) in [6.07, 6.45) is 0.953. The average molecular weight is 251 g/mol. The van der Waals surface area contributed by atoms with Crippen LogP contribution in [0.5, 0.6) is 5.75 Å². The predicted octanol–water partition coefficient (Wildman–Crippen LogP) is 4.42. The smallest absolute Gasteiger partial charge is 0.130 e. The third-order valence-electron chi connectivity index (χ3n) is 3.79. The van der Waals surface area contributed by atoms with Gasteiger partial charge in [0.2, 0.25) is 0 Å². The summed E-state index contributed by atoms with van der Waals surface area (Å²) in [4.78, 5) is 0. The van der Waals surface area contributed by atoms with Crippen LogP contribution >= 0.6 is 0 Å². The molecule has 0 saturated carbocycles.